The van der Waals surface area contributed by atoms with Crippen LogP contribution in [0.2, 0.25) is 0 Å². The molecule has 0 bridgehead atoms. The lowest BCUT2D eigenvalue weighted by Gasteiger charge is -2.39. The van der Waals surface area contributed by atoms with E-state index >= 15 is 0 Å². The molecule has 1 rings (SSSR count). The number of nitrogens with zero attached hydrogens (tertiary/aromatic N) is 2. The van der Waals surface area contributed by atoms with Gasteiger partial charge in [0.2, 0.25) is 0 Å². The lowest BCUT2D eigenvalue weighted by atomic mass is 9.90. The lowest BCUT2D eigenvalue weighted by molar-refractivity contribution is 0.102. The highest BCUT2D eigenvalue weighted by Gasteiger charge is 2.24. The minimum Gasteiger partial charge on any atom is -0.328 e. The molecule has 3 nitrogen and oxygen atoms in total. The summed E-state index contributed by atoms with van der Waals surface area (Å²) in [6.45, 7) is 10.5. The highest BCUT2D eigenvalue weighted by molar-refractivity contribution is 4.82. The van der Waals surface area contributed by atoms with Crippen molar-refractivity contribution in [2.75, 3.05) is 33.7 Å². The Hall–Kier alpha value is -0.120. The van der Waals surface area contributed by atoms with Crippen LogP contribution in [-0.4, -0.2) is 55.6 Å². The van der Waals surface area contributed by atoms with Gasteiger partial charge in [-0.05, 0) is 45.2 Å². The van der Waals surface area contributed by atoms with E-state index in [1.54, 1.807) is 0 Å². The molecule has 1 saturated heterocycles. The first kappa shape index (κ1) is 15.9. The Bertz CT molecular complexity index is 230. The van der Waals surface area contributed by atoms with E-state index in [2.05, 4.69) is 44.7 Å². The summed E-state index contributed by atoms with van der Waals surface area (Å²) < 4.78 is 0. The zero-order valence-electron chi connectivity index (χ0n) is 13.0. The molecule has 0 saturated carbocycles. The number of nitrogens with two attached hydrogens (primary N) is 1. The molecule has 0 aliphatic carbocycles. The quantitative estimate of drug-likeness (QED) is 0.788. The van der Waals surface area contributed by atoms with Gasteiger partial charge in [0, 0.05) is 31.7 Å². The Morgan fingerprint density at radius 2 is 1.78 bits per heavy atom. The number of rotatable bonds is 6. The van der Waals surface area contributed by atoms with Crippen LogP contribution in [0.4, 0.5) is 0 Å². The number of likely N-dealkylation sites (N-methyl/N-ethyl adjacent to an activating group) is 2. The van der Waals surface area contributed by atoms with Crippen molar-refractivity contribution in [1.29, 1.82) is 0 Å². The molecule has 1 aliphatic heterocycles. The Morgan fingerprint density at radius 1 is 1.11 bits per heavy atom. The minimum atomic E-state index is 0.359. The van der Waals surface area contributed by atoms with Gasteiger partial charge in [-0.1, -0.05) is 20.8 Å². The molecule has 18 heavy (non-hydrogen) atoms. The number of hydrogen-bond donors (Lipinski definition) is 1. The molecular weight excluding hydrogens is 222 g/mol. The summed E-state index contributed by atoms with van der Waals surface area (Å²) in [5, 5.41) is 0. The molecule has 1 aliphatic rings. The predicted molar refractivity (Wildman–Crippen MR) is 79.7 cm³/mol. The van der Waals surface area contributed by atoms with Crippen LogP contribution in [-0.2, 0) is 0 Å². The van der Waals surface area contributed by atoms with E-state index in [1.165, 1.54) is 32.5 Å². The van der Waals surface area contributed by atoms with Crippen molar-refractivity contribution in [3.63, 3.8) is 0 Å². The zero-order chi connectivity index (χ0) is 13.7. The van der Waals surface area contributed by atoms with Gasteiger partial charge in [0.15, 0.2) is 0 Å². The molecule has 0 aromatic rings. The fourth-order valence-corrected chi connectivity index (χ4v) is 3.22. The first-order valence-electron chi connectivity index (χ1n) is 7.52. The van der Waals surface area contributed by atoms with Gasteiger partial charge in [0.25, 0.3) is 0 Å². The van der Waals surface area contributed by atoms with Crippen molar-refractivity contribution < 1.29 is 0 Å². The molecular formula is C15H33N3. The summed E-state index contributed by atoms with van der Waals surface area (Å²) in [6, 6.07) is 1.00. The SMILES string of the molecule is CC(C)CC(C)CC(N)CC1CN(C)CCN1C. The largest absolute Gasteiger partial charge is 0.328 e. The molecule has 0 amide bonds. The molecule has 3 unspecified atom stereocenters. The third-order valence-electron chi connectivity index (χ3n) is 4.13. The van der Waals surface area contributed by atoms with Crippen LogP contribution in [0.15, 0.2) is 0 Å². The van der Waals surface area contributed by atoms with Gasteiger partial charge >= 0.3 is 0 Å². The third-order valence-corrected chi connectivity index (χ3v) is 4.13. The van der Waals surface area contributed by atoms with Gasteiger partial charge in [-0.2, -0.15) is 0 Å². The van der Waals surface area contributed by atoms with Crippen molar-refractivity contribution in [1.82, 2.24) is 9.80 Å². The Morgan fingerprint density at radius 3 is 2.39 bits per heavy atom. The molecule has 2 N–H and O–H groups in total. The van der Waals surface area contributed by atoms with E-state index < -0.39 is 0 Å². The normalized spacial score (nSPS) is 26.5. The summed E-state index contributed by atoms with van der Waals surface area (Å²) in [6.07, 6.45) is 3.61. The zero-order valence-corrected chi connectivity index (χ0v) is 13.0. The first-order valence-corrected chi connectivity index (χ1v) is 7.52. The topological polar surface area (TPSA) is 32.5 Å². The highest BCUT2D eigenvalue weighted by atomic mass is 15.3. The highest BCUT2D eigenvalue weighted by Crippen LogP contribution is 2.19. The predicted octanol–water partition coefficient (Wildman–Crippen LogP) is 2.02. The Kier molecular flexibility index (Phi) is 6.61. The van der Waals surface area contributed by atoms with Gasteiger partial charge in [0.1, 0.15) is 0 Å². The fourth-order valence-electron chi connectivity index (χ4n) is 3.22. The molecule has 0 aromatic heterocycles. The van der Waals surface area contributed by atoms with Crippen molar-refractivity contribution in [3.8, 4) is 0 Å². The van der Waals surface area contributed by atoms with E-state index in [1.807, 2.05) is 0 Å². The van der Waals surface area contributed by atoms with Gasteiger partial charge in [-0.3, -0.25) is 0 Å². The van der Waals surface area contributed by atoms with E-state index in [0.717, 1.165) is 18.3 Å². The van der Waals surface area contributed by atoms with Crippen LogP contribution < -0.4 is 5.73 Å². The third kappa shape index (κ3) is 5.68. The molecule has 0 spiro atoms. The monoisotopic (exact) mass is 255 g/mol. The van der Waals surface area contributed by atoms with E-state index in [-0.39, 0.29) is 0 Å². The van der Waals surface area contributed by atoms with Gasteiger partial charge in [-0.15, -0.1) is 0 Å². The average molecular weight is 255 g/mol. The molecule has 1 fully saturated rings. The summed E-state index contributed by atoms with van der Waals surface area (Å²) in [5.74, 6) is 1.54. The lowest BCUT2D eigenvalue weighted by Crippen LogP contribution is -2.51. The van der Waals surface area contributed by atoms with Crippen LogP contribution in [0.3, 0.4) is 0 Å². The maximum absolute atomic E-state index is 6.34. The summed E-state index contributed by atoms with van der Waals surface area (Å²) in [5.41, 5.74) is 6.34. The molecule has 3 atom stereocenters. The maximum atomic E-state index is 6.34. The molecule has 0 radical (unpaired) electrons. The molecule has 1 heterocycles. The smallest absolute Gasteiger partial charge is 0.0235 e. The summed E-state index contributed by atoms with van der Waals surface area (Å²) in [7, 11) is 4.45. The van der Waals surface area contributed by atoms with Gasteiger partial charge < -0.3 is 15.5 Å². The Labute approximate surface area is 114 Å². The van der Waals surface area contributed by atoms with Crippen LogP contribution in [0.25, 0.3) is 0 Å². The van der Waals surface area contributed by atoms with Crippen LogP contribution in [0, 0.1) is 11.8 Å². The Balaban J connectivity index is 2.32. The minimum absolute atomic E-state index is 0.359. The summed E-state index contributed by atoms with van der Waals surface area (Å²) >= 11 is 0. The van der Waals surface area contributed by atoms with Gasteiger partial charge in [-0.25, -0.2) is 0 Å². The number of piperazine rings is 1. The van der Waals surface area contributed by atoms with Crippen molar-refractivity contribution in [2.45, 2.75) is 52.1 Å². The van der Waals surface area contributed by atoms with Crippen LogP contribution in [0.5, 0.6) is 0 Å². The fraction of sp³-hybridized carbons (Fsp3) is 1.00. The molecule has 3 heteroatoms. The van der Waals surface area contributed by atoms with Crippen molar-refractivity contribution in [3.05, 3.63) is 0 Å². The molecule has 108 valence electrons. The summed E-state index contributed by atoms with van der Waals surface area (Å²) in [4.78, 5) is 4.90. The first-order chi connectivity index (χ1) is 8.38. The second-order valence-electron chi connectivity index (χ2n) is 6.86. The second-order valence-corrected chi connectivity index (χ2v) is 6.86. The van der Waals surface area contributed by atoms with E-state index in [0.29, 0.717) is 12.1 Å². The van der Waals surface area contributed by atoms with Crippen molar-refractivity contribution in [2.24, 2.45) is 17.6 Å². The van der Waals surface area contributed by atoms with Gasteiger partial charge in [0.05, 0.1) is 0 Å². The maximum Gasteiger partial charge on any atom is 0.0235 e. The van der Waals surface area contributed by atoms with E-state index in [4.69, 9.17) is 5.73 Å². The van der Waals surface area contributed by atoms with Crippen LogP contribution in [0.1, 0.15) is 40.0 Å². The average Bonchev–Trinajstić information content (AvgIpc) is 2.21. The second kappa shape index (κ2) is 7.46. The standard InChI is InChI=1S/C15H33N3/c1-12(2)8-13(3)9-14(16)10-15-11-17(4)6-7-18(15)5/h12-15H,6-11,16H2,1-5H3. The molecule has 0 aromatic carbocycles. The van der Waals surface area contributed by atoms with Crippen molar-refractivity contribution >= 4 is 0 Å². The van der Waals surface area contributed by atoms with E-state index in [9.17, 15) is 0 Å². The number of hydrogen-bond acceptors (Lipinski definition) is 3. The van der Waals surface area contributed by atoms with Crippen LogP contribution >= 0.6 is 0 Å².